The molecule has 2 saturated heterocycles. The minimum absolute atomic E-state index is 0.196. The number of piperidine rings is 2. The minimum atomic E-state index is -1.66. The first-order valence-electron chi connectivity index (χ1n) is 9.93. The predicted octanol–water partition coefficient (Wildman–Crippen LogP) is 3.45. The van der Waals surface area contributed by atoms with Crippen molar-refractivity contribution in [1.82, 2.24) is 0 Å². The molecule has 0 aromatic carbocycles. The van der Waals surface area contributed by atoms with Crippen LogP contribution in [0.1, 0.15) is 81.1 Å². The molecular formula is C20H40N2O4. The van der Waals surface area contributed by atoms with E-state index in [2.05, 4.69) is 0 Å². The quantitative estimate of drug-likeness (QED) is 0.587. The SMILES string of the molecule is CC1(C)CCC(C)(C)[N+]([O-])(C(O)C(O)[N+]2([O-])CC(C)(C)CCC2(C)C)C1. The fourth-order valence-corrected chi connectivity index (χ4v) is 4.86. The fourth-order valence-electron chi connectivity index (χ4n) is 4.86. The molecule has 2 N–H and O–H groups in total. The van der Waals surface area contributed by atoms with Gasteiger partial charge in [0.2, 0.25) is 0 Å². The molecule has 2 fully saturated rings. The van der Waals surface area contributed by atoms with Crippen LogP contribution in [0.5, 0.6) is 0 Å². The zero-order valence-corrected chi connectivity index (χ0v) is 18.0. The third-order valence-corrected chi connectivity index (χ3v) is 7.32. The Hall–Kier alpha value is -0.240. The lowest BCUT2D eigenvalue weighted by molar-refractivity contribution is -1.05. The Bertz CT molecular complexity index is 498. The van der Waals surface area contributed by atoms with Gasteiger partial charge in [-0.3, -0.25) is 0 Å². The summed E-state index contributed by atoms with van der Waals surface area (Å²) in [5.74, 6) is 0. The second-order valence-corrected chi connectivity index (χ2v) is 11.7. The lowest BCUT2D eigenvalue weighted by Crippen LogP contribution is -2.78. The molecule has 0 aromatic heterocycles. The Morgan fingerprint density at radius 1 is 0.615 bits per heavy atom. The molecule has 4 unspecified atom stereocenters. The molecule has 2 aliphatic heterocycles. The predicted molar refractivity (Wildman–Crippen MR) is 103 cm³/mol. The maximum absolute atomic E-state index is 13.9. The molecule has 4 atom stereocenters. The molecule has 2 rings (SSSR count). The first-order valence-corrected chi connectivity index (χ1v) is 9.93. The molecule has 154 valence electrons. The van der Waals surface area contributed by atoms with Crippen LogP contribution in [0.4, 0.5) is 0 Å². The van der Waals surface area contributed by atoms with Crippen molar-refractivity contribution in [3.05, 3.63) is 10.4 Å². The lowest BCUT2D eigenvalue weighted by atomic mass is 9.74. The molecule has 6 nitrogen and oxygen atoms in total. The number of likely N-dealkylation sites (tertiary alicyclic amines) is 2. The van der Waals surface area contributed by atoms with Crippen molar-refractivity contribution in [2.24, 2.45) is 10.8 Å². The number of nitrogens with zero attached hydrogens (tertiary/aromatic N) is 2. The van der Waals surface area contributed by atoms with Gasteiger partial charge >= 0.3 is 0 Å². The van der Waals surface area contributed by atoms with Gasteiger partial charge in [0.15, 0.2) is 0 Å². The molecule has 0 aromatic rings. The van der Waals surface area contributed by atoms with Crippen molar-refractivity contribution in [2.45, 2.75) is 105 Å². The average Bonchev–Trinajstić information content (AvgIpc) is 2.46. The van der Waals surface area contributed by atoms with Crippen LogP contribution in [0.2, 0.25) is 0 Å². The van der Waals surface area contributed by atoms with Crippen LogP contribution < -0.4 is 0 Å². The van der Waals surface area contributed by atoms with Crippen LogP contribution in [0.3, 0.4) is 0 Å². The number of aliphatic hydroxyl groups excluding tert-OH is 2. The van der Waals surface area contributed by atoms with Gasteiger partial charge in [0.05, 0.1) is 24.2 Å². The average molecular weight is 373 g/mol. The van der Waals surface area contributed by atoms with Crippen LogP contribution >= 0.6 is 0 Å². The summed E-state index contributed by atoms with van der Waals surface area (Å²) in [7, 11) is 0. The van der Waals surface area contributed by atoms with Gasteiger partial charge < -0.3 is 29.9 Å². The maximum Gasteiger partial charge on any atom is 0.272 e. The van der Waals surface area contributed by atoms with Crippen molar-refractivity contribution in [2.75, 3.05) is 13.1 Å². The minimum Gasteiger partial charge on any atom is -0.630 e. The van der Waals surface area contributed by atoms with Crippen LogP contribution in [0.15, 0.2) is 0 Å². The fraction of sp³-hybridized carbons (Fsp3) is 1.00. The van der Waals surface area contributed by atoms with Gasteiger partial charge in [0, 0.05) is 23.7 Å². The summed E-state index contributed by atoms with van der Waals surface area (Å²) in [6.07, 6.45) is -0.227. The largest absolute Gasteiger partial charge is 0.630 e. The highest BCUT2D eigenvalue weighted by Gasteiger charge is 2.59. The van der Waals surface area contributed by atoms with E-state index in [1.54, 1.807) is 0 Å². The van der Waals surface area contributed by atoms with Gasteiger partial charge in [-0.25, -0.2) is 0 Å². The third kappa shape index (κ3) is 3.45. The zero-order chi connectivity index (χ0) is 20.4. The summed E-state index contributed by atoms with van der Waals surface area (Å²) in [4.78, 5) is 0. The Labute approximate surface area is 159 Å². The van der Waals surface area contributed by atoms with E-state index < -0.39 is 32.8 Å². The molecular weight excluding hydrogens is 332 g/mol. The van der Waals surface area contributed by atoms with E-state index in [1.807, 2.05) is 55.4 Å². The molecule has 26 heavy (non-hydrogen) atoms. The topological polar surface area (TPSA) is 86.6 Å². The van der Waals surface area contributed by atoms with E-state index >= 15 is 0 Å². The molecule has 0 spiro atoms. The second kappa shape index (κ2) is 6.13. The van der Waals surface area contributed by atoms with Crippen molar-refractivity contribution in [3.63, 3.8) is 0 Å². The summed E-state index contributed by atoms with van der Waals surface area (Å²) >= 11 is 0. The molecule has 2 heterocycles. The molecule has 0 saturated carbocycles. The van der Waals surface area contributed by atoms with E-state index in [0.717, 1.165) is 12.8 Å². The highest BCUT2D eigenvalue weighted by molar-refractivity contribution is 4.89. The number of hydrogen-bond donors (Lipinski definition) is 2. The van der Waals surface area contributed by atoms with Gasteiger partial charge in [-0.15, -0.1) is 0 Å². The van der Waals surface area contributed by atoms with Gasteiger partial charge in [-0.2, -0.15) is 0 Å². The van der Waals surface area contributed by atoms with Crippen LogP contribution in [-0.2, 0) is 0 Å². The second-order valence-electron chi connectivity index (χ2n) is 11.7. The van der Waals surface area contributed by atoms with E-state index in [4.69, 9.17) is 0 Å². The Morgan fingerprint density at radius 2 is 0.885 bits per heavy atom. The van der Waals surface area contributed by atoms with E-state index in [0.29, 0.717) is 12.8 Å². The number of aliphatic hydroxyl groups is 2. The van der Waals surface area contributed by atoms with Crippen LogP contribution in [-0.4, -0.2) is 56.1 Å². The summed E-state index contributed by atoms with van der Waals surface area (Å²) in [6, 6.07) is 0. The Balaban J connectivity index is 2.41. The molecule has 2 aliphatic rings. The molecule has 0 amide bonds. The summed E-state index contributed by atoms with van der Waals surface area (Å²) in [5, 5.41) is 49.9. The number of hydroxylamine groups is 6. The number of hydrogen-bond acceptors (Lipinski definition) is 4. The number of quaternary nitrogens is 2. The zero-order valence-electron chi connectivity index (χ0n) is 18.0. The van der Waals surface area contributed by atoms with Crippen LogP contribution in [0.25, 0.3) is 0 Å². The Morgan fingerprint density at radius 3 is 1.15 bits per heavy atom. The smallest absolute Gasteiger partial charge is 0.272 e. The summed E-state index contributed by atoms with van der Waals surface area (Å²) in [5.41, 5.74) is -1.96. The standard InChI is InChI=1S/C20H40N2O4/c1-17(2)9-11-19(5,6)21(25,13-17)15(23)16(24)22(26)14-18(3,4)10-12-20(22,7)8/h15-16,23-24H,9-14H2,1-8H3. The maximum atomic E-state index is 13.9. The highest BCUT2D eigenvalue weighted by Crippen LogP contribution is 2.48. The Kier molecular flexibility index (Phi) is 5.20. The monoisotopic (exact) mass is 372 g/mol. The first kappa shape index (κ1) is 22.1. The third-order valence-electron chi connectivity index (χ3n) is 7.32. The van der Waals surface area contributed by atoms with E-state index in [9.17, 15) is 20.6 Å². The van der Waals surface area contributed by atoms with Crippen LogP contribution in [0, 0.1) is 21.2 Å². The van der Waals surface area contributed by atoms with E-state index in [1.165, 1.54) is 0 Å². The first-order chi connectivity index (χ1) is 11.4. The molecule has 0 aliphatic carbocycles. The van der Waals surface area contributed by atoms with Crippen molar-refractivity contribution < 1.29 is 19.5 Å². The lowest BCUT2D eigenvalue weighted by Gasteiger charge is -2.67. The van der Waals surface area contributed by atoms with E-state index in [-0.39, 0.29) is 23.9 Å². The molecule has 0 radical (unpaired) electrons. The van der Waals surface area contributed by atoms with Crippen molar-refractivity contribution in [3.8, 4) is 0 Å². The molecule has 0 bridgehead atoms. The van der Waals surface area contributed by atoms with Gasteiger partial charge in [0.25, 0.3) is 12.5 Å². The van der Waals surface area contributed by atoms with Crippen molar-refractivity contribution >= 4 is 0 Å². The van der Waals surface area contributed by atoms with Gasteiger partial charge in [-0.1, -0.05) is 27.7 Å². The van der Waals surface area contributed by atoms with Gasteiger partial charge in [0.1, 0.15) is 0 Å². The molecule has 6 heteroatoms. The van der Waals surface area contributed by atoms with Crippen molar-refractivity contribution in [1.29, 1.82) is 0 Å². The van der Waals surface area contributed by atoms with Gasteiger partial charge in [-0.05, 0) is 40.5 Å². The highest BCUT2D eigenvalue weighted by atomic mass is 16.6. The summed E-state index contributed by atoms with van der Waals surface area (Å²) < 4.78 is -1.86. The summed E-state index contributed by atoms with van der Waals surface area (Å²) in [6.45, 7) is 15.8. The normalized spacial score (nSPS) is 40.6. The number of rotatable bonds is 3.